The van der Waals surface area contributed by atoms with Crippen molar-refractivity contribution in [3.05, 3.63) is 65.2 Å². The van der Waals surface area contributed by atoms with E-state index in [9.17, 15) is 22.0 Å². The second-order valence-corrected chi connectivity index (χ2v) is 6.68. The van der Waals surface area contributed by atoms with Gasteiger partial charge in [-0.2, -0.15) is 0 Å². The van der Waals surface area contributed by atoms with Crippen LogP contribution < -0.4 is 10.0 Å². The highest BCUT2D eigenvalue weighted by atomic mass is 32.2. The minimum absolute atomic E-state index is 0.144. The van der Waals surface area contributed by atoms with Crippen LogP contribution in [-0.2, 0) is 16.6 Å². The number of carbonyl (C=O) groups excluding carboxylic acids is 1. The molecule has 0 heterocycles. The van der Waals surface area contributed by atoms with Crippen LogP contribution in [0.25, 0.3) is 0 Å². The summed E-state index contributed by atoms with van der Waals surface area (Å²) in [5.41, 5.74) is -0.187. The van der Waals surface area contributed by atoms with Crippen molar-refractivity contribution in [3.63, 3.8) is 0 Å². The van der Waals surface area contributed by atoms with Gasteiger partial charge in [-0.3, -0.25) is 4.79 Å². The molecule has 24 heavy (non-hydrogen) atoms. The Labute approximate surface area is 138 Å². The van der Waals surface area contributed by atoms with Gasteiger partial charge in [0, 0.05) is 18.7 Å². The van der Waals surface area contributed by atoms with Crippen molar-refractivity contribution in [1.82, 2.24) is 10.0 Å². The molecule has 2 aromatic carbocycles. The van der Waals surface area contributed by atoms with Gasteiger partial charge in [-0.25, -0.2) is 21.9 Å². The predicted octanol–water partition coefficient (Wildman–Crippen LogP) is 2.19. The summed E-state index contributed by atoms with van der Waals surface area (Å²) in [4.78, 5) is 11.9. The Morgan fingerprint density at radius 3 is 2.46 bits per heavy atom. The molecule has 2 N–H and O–H groups in total. The van der Waals surface area contributed by atoms with Gasteiger partial charge in [0.2, 0.25) is 10.0 Å². The average Bonchev–Trinajstić information content (AvgIpc) is 2.54. The zero-order chi connectivity index (χ0) is 17.7. The summed E-state index contributed by atoms with van der Waals surface area (Å²) < 4.78 is 53.5. The molecule has 0 spiro atoms. The Morgan fingerprint density at radius 1 is 1.08 bits per heavy atom. The third-order valence-corrected chi connectivity index (χ3v) is 4.77. The van der Waals surface area contributed by atoms with Crippen LogP contribution in [0.2, 0.25) is 0 Å². The molecule has 0 saturated heterocycles. The van der Waals surface area contributed by atoms with E-state index in [1.807, 2.05) is 0 Å². The molecule has 2 aromatic rings. The summed E-state index contributed by atoms with van der Waals surface area (Å²) in [5, 5.41) is 2.37. The number of sulfonamides is 1. The maximum absolute atomic E-state index is 13.8. The van der Waals surface area contributed by atoms with Crippen molar-refractivity contribution in [3.8, 4) is 0 Å². The molecular weight excluding hydrogens is 338 g/mol. The Morgan fingerprint density at radius 2 is 1.79 bits per heavy atom. The van der Waals surface area contributed by atoms with Crippen LogP contribution in [0.15, 0.2) is 47.4 Å². The first kappa shape index (κ1) is 18.0. The lowest BCUT2D eigenvalue weighted by Crippen LogP contribution is -2.26. The van der Waals surface area contributed by atoms with Gasteiger partial charge >= 0.3 is 0 Å². The first-order chi connectivity index (χ1) is 11.3. The van der Waals surface area contributed by atoms with Gasteiger partial charge in [0.05, 0.1) is 10.5 Å². The van der Waals surface area contributed by atoms with E-state index < -0.39 is 33.1 Å². The predicted molar refractivity (Wildman–Crippen MR) is 84.8 cm³/mol. The van der Waals surface area contributed by atoms with Crippen LogP contribution in [0, 0.1) is 11.6 Å². The van der Waals surface area contributed by atoms with Crippen LogP contribution in [0.4, 0.5) is 8.78 Å². The van der Waals surface area contributed by atoms with E-state index in [0.29, 0.717) is 0 Å². The highest BCUT2D eigenvalue weighted by Gasteiger charge is 2.19. The Balaban J connectivity index is 2.22. The molecule has 128 valence electrons. The number of halogens is 2. The summed E-state index contributed by atoms with van der Waals surface area (Å²) in [7, 11) is -3.81. The second-order valence-electron chi connectivity index (χ2n) is 4.92. The van der Waals surface area contributed by atoms with Gasteiger partial charge in [-0.05, 0) is 24.3 Å². The van der Waals surface area contributed by atoms with Crippen LogP contribution in [0.1, 0.15) is 22.8 Å². The third kappa shape index (κ3) is 4.15. The molecular formula is C16H16F2N2O3S. The fourth-order valence-electron chi connectivity index (χ4n) is 2.03. The van der Waals surface area contributed by atoms with E-state index in [2.05, 4.69) is 10.0 Å². The standard InChI is InChI=1S/C16H16F2N2O3S/c1-2-20-24(22,23)12-7-8-15(18)13(9-12)16(21)19-10-11-5-3-4-6-14(11)17/h3-9,20H,2,10H2,1H3,(H,19,21). The van der Waals surface area contributed by atoms with Crippen LogP contribution >= 0.6 is 0 Å². The van der Waals surface area contributed by atoms with E-state index in [-0.39, 0.29) is 23.5 Å². The Bertz CT molecular complexity index is 854. The molecule has 8 heteroatoms. The molecule has 0 aliphatic heterocycles. The molecule has 0 aromatic heterocycles. The molecule has 0 radical (unpaired) electrons. The maximum atomic E-state index is 13.8. The van der Waals surface area contributed by atoms with Gasteiger partial charge in [0.15, 0.2) is 0 Å². The zero-order valence-electron chi connectivity index (χ0n) is 12.8. The summed E-state index contributed by atoms with van der Waals surface area (Å²) in [6, 6.07) is 8.76. The Hall–Kier alpha value is -2.32. The number of hydrogen-bond donors (Lipinski definition) is 2. The van der Waals surface area contributed by atoms with Gasteiger partial charge in [-0.15, -0.1) is 0 Å². The highest BCUT2D eigenvalue weighted by Crippen LogP contribution is 2.15. The van der Waals surface area contributed by atoms with E-state index >= 15 is 0 Å². The van der Waals surface area contributed by atoms with Gasteiger partial charge in [-0.1, -0.05) is 25.1 Å². The third-order valence-electron chi connectivity index (χ3n) is 3.22. The van der Waals surface area contributed by atoms with Crippen LogP contribution in [0.5, 0.6) is 0 Å². The number of rotatable bonds is 6. The number of nitrogens with one attached hydrogen (secondary N) is 2. The van der Waals surface area contributed by atoms with Crippen molar-refractivity contribution >= 4 is 15.9 Å². The van der Waals surface area contributed by atoms with E-state index in [0.717, 1.165) is 18.2 Å². The van der Waals surface area contributed by atoms with E-state index in [1.54, 1.807) is 13.0 Å². The van der Waals surface area contributed by atoms with Crippen LogP contribution in [0.3, 0.4) is 0 Å². The van der Waals surface area contributed by atoms with Crippen LogP contribution in [-0.4, -0.2) is 20.9 Å². The molecule has 2 rings (SSSR count). The molecule has 5 nitrogen and oxygen atoms in total. The summed E-state index contributed by atoms with van der Waals surface area (Å²) in [6.45, 7) is 1.62. The summed E-state index contributed by atoms with van der Waals surface area (Å²) >= 11 is 0. The average molecular weight is 354 g/mol. The molecule has 0 aliphatic rings. The highest BCUT2D eigenvalue weighted by molar-refractivity contribution is 7.89. The first-order valence-electron chi connectivity index (χ1n) is 7.16. The minimum atomic E-state index is -3.81. The number of carbonyl (C=O) groups is 1. The van der Waals surface area contributed by atoms with Gasteiger partial charge in [0.1, 0.15) is 11.6 Å². The SMILES string of the molecule is CCNS(=O)(=O)c1ccc(F)c(C(=O)NCc2ccccc2F)c1. The quantitative estimate of drug-likeness (QED) is 0.835. The van der Waals surface area contributed by atoms with E-state index in [4.69, 9.17) is 0 Å². The molecule has 0 atom stereocenters. The van der Waals surface area contributed by atoms with E-state index in [1.165, 1.54) is 18.2 Å². The Kier molecular flexibility index (Phi) is 5.63. The normalized spacial score (nSPS) is 11.3. The fourth-order valence-corrected chi connectivity index (χ4v) is 3.10. The zero-order valence-corrected chi connectivity index (χ0v) is 13.7. The summed E-state index contributed by atoms with van der Waals surface area (Å²) in [6.07, 6.45) is 0. The van der Waals surface area contributed by atoms with Crippen molar-refractivity contribution in [1.29, 1.82) is 0 Å². The largest absolute Gasteiger partial charge is 0.348 e. The molecule has 1 amide bonds. The fraction of sp³-hybridized carbons (Fsp3) is 0.188. The number of amides is 1. The van der Waals surface area contributed by atoms with Gasteiger partial charge < -0.3 is 5.32 Å². The topological polar surface area (TPSA) is 75.3 Å². The smallest absolute Gasteiger partial charge is 0.254 e. The lowest BCUT2D eigenvalue weighted by atomic mass is 10.1. The minimum Gasteiger partial charge on any atom is -0.348 e. The lowest BCUT2D eigenvalue weighted by molar-refractivity contribution is 0.0946. The molecule has 0 unspecified atom stereocenters. The molecule has 0 bridgehead atoms. The lowest BCUT2D eigenvalue weighted by Gasteiger charge is -2.09. The monoisotopic (exact) mass is 354 g/mol. The number of hydrogen-bond acceptors (Lipinski definition) is 3. The molecule has 0 aliphatic carbocycles. The second kappa shape index (κ2) is 7.50. The van der Waals surface area contributed by atoms with Crippen molar-refractivity contribution in [2.45, 2.75) is 18.4 Å². The number of benzene rings is 2. The molecule has 0 saturated carbocycles. The van der Waals surface area contributed by atoms with Gasteiger partial charge in [0.25, 0.3) is 5.91 Å². The maximum Gasteiger partial charge on any atom is 0.254 e. The van der Waals surface area contributed by atoms with Crippen molar-refractivity contribution in [2.75, 3.05) is 6.54 Å². The van der Waals surface area contributed by atoms with Crippen molar-refractivity contribution < 1.29 is 22.0 Å². The first-order valence-corrected chi connectivity index (χ1v) is 8.64. The molecule has 0 fully saturated rings. The summed E-state index contributed by atoms with van der Waals surface area (Å²) in [5.74, 6) is -2.19. The van der Waals surface area contributed by atoms with Crippen molar-refractivity contribution in [2.24, 2.45) is 0 Å².